The summed E-state index contributed by atoms with van der Waals surface area (Å²) in [6.45, 7) is 11.0. The van der Waals surface area contributed by atoms with E-state index >= 15 is 0 Å². The highest BCUT2D eigenvalue weighted by atomic mass is 16.7. The number of nitriles is 1. The van der Waals surface area contributed by atoms with Crippen molar-refractivity contribution in [1.82, 2.24) is 4.90 Å². The van der Waals surface area contributed by atoms with Crippen molar-refractivity contribution in [3.63, 3.8) is 0 Å². The summed E-state index contributed by atoms with van der Waals surface area (Å²) in [4.78, 5) is 17.1. The lowest BCUT2D eigenvalue weighted by Crippen LogP contribution is -2.48. The molecule has 6 nitrogen and oxygen atoms in total. The van der Waals surface area contributed by atoms with Crippen LogP contribution in [0.5, 0.6) is 0 Å². The number of amides is 1. The largest absolute Gasteiger partial charge is 0.494 e. The number of benzene rings is 2. The van der Waals surface area contributed by atoms with E-state index in [-0.39, 0.29) is 17.1 Å². The number of hydrogen-bond donors (Lipinski definition) is 0. The van der Waals surface area contributed by atoms with Crippen LogP contribution in [0.3, 0.4) is 0 Å². The van der Waals surface area contributed by atoms with Crippen molar-refractivity contribution in [2.75, 3.05) is 31.1 Å². The Hall–Kier alpha value is -2.82. The third-order valence-electron chi connectivity index (χ3n) is 6.61. The van der Waals surface area contributed by atoms with Crippen LogP contribution >= 0.6 is 0 Å². The molecule has 2 aromatic rings. The Balaban J connectivity index is 1.37. The predicted molar refractivity (Wildman–Crippen MR) is 121 cm³/mol. The summed E-state index contributed by atoms with van der Waals surface area (Å²) >= 11 is 0. The van der Waals surface area contributed by atoms with Crippen LogP contribution in [-0.4, -0.2) is 55.3 Å². The molecule has 0 saturated carbocycles. The molecule has 2 aliphatic rings. The van der Waals surface area contributed by atoms with Crippen molar-refractivity contribution < 1.29 is 14.1 Å². The molecule has 2 aliphatic heterocycles. The highest BCUT2D eigenvalue weighted by Crippen LogP contribution is 2.36. The second-order valence-electron chi connectivity index (χ2n) is 9.15. The van der Waals surface area contributed by atoms with Crippen LogP contribution in [0.25, 0.3) is 0 Å². The van der Waals surface area contributed by atoms with Gasteiger partial charge in [-0.15, -0.1) is 0 Å². The Bertz CT molecular complexity index is 972. The van der Waals surface area contributed by atoms with Gasteiger partial charge in [-0.05, 0) is 69.6 Å². The smallest absolute Gasteiger partial charge is 0.399 e. The fraction of sp³-hybridized carbons (Fsp3) is 0.417. The van der Waals surface area contributed by atoms with Crippen LogP contribution in [0.4, 0.5) is 5.69 Å². The second-order valence-corrected chi connectivity index (χ2v) is 9.15. The molecule has 2 aromatic carbocycles. The normalized spacial score (nSPS) is 19.9. The Kier molecular flexibility index (Phi) is 5.55. The maximum Gasteiger partial charge on any atom is 0.494 e. The molecule has 0 unspecified atom stereocenters. The molecule has 0 aliphatic carbocycles. The van der Waals surface area contributed by atoms with Crippen molar-refractivity contribution in [2.24, 2.45) is 0 Å². The second kappa shape index (κ2) is 8.03. The Morgan fingerprint density at radius 3 is 1.97 bits per heavy atom. The molecule has 0 bridgehead atoms. The van der Waals surface area contributed by atoms with Gasteiger partial charge >= 0.3 is 7.12 Å². The summed E-state index contributed by atoms with van der Waals surface area (Å²) in [5.41, 5.74) is 2.55. The molecule has 0 aromatic heterocycles. The van der Waals surface area contributed by atoms with E-state index in [1.54, 1.807) is 0 Å². The maximum absolute atomic E-state index is 13.0. The minimum atomic E-state index is -0.426. The van der Waals surface area contributed by atoms with Gasteiger partial charge in [0.1, 0.15) is 0 Å². The number of rotatable bonds is 3. The number of hydrogen-bond acceptors (Lipinski definition) is 5. The Morgan fingerprint density at radius 2 is 1.45 bits per heavy atom. The predicted octanol–water partition coefficient (Wildman–Crippen LogP) is 2.82. The van der Waals surface area contributed by atoms with E-state index in [2.05, 4.69) is 11.0 Å². The zero-order valence-corrected chi connectivity index (χ0v) is 18.6. The Morgan fingerprint density at radius 1 is 0.903 bits per heavy atom. The SMILES string of the molecule is CC1(C)OB(c2ccc(C(=O)N3CCN(c4ccc(C#N)cc4)CC3)cc2)OC1(C)C. The molecule has 160 valence electrons. The quantitative estimate of drug-likeness (QED) is 0.719. The lowest BCUT2D eigenvalue weighted by molar-refractivity contribution is 0.00578. The van der Waals surface area contributed by atoms with Crippen LogP contribution in [-0.2, 0) is 9.31 Å². The molecule has 2 saturated heterocycles. The van der Waals surface area contributed by atoms with E-state index in [1.807, 2.05) is 81.1 Å². The minimum absolute atomic E-state index is 0.0416. The molecule has 2 fully saturated rings. The van der Waals surface area contributed by atoms with Crippen LogP contribution in [0.2, 0.25) is 0 Å². The van der Waals surface area contributed by atoms with Crippen LogP contribution in [0, 0.1) is 11.3 Å². The first-order valence-electron chi connectivity index (χ1n) is 10.7. The van der Waals surface area contributed by atoms with Crippen LogP contribution < -0.4 is 10.4 Å². The average molecular weight is 417 g/mol. The fourth-order valence-electron chi connectivity index (χ4n) is 3.86. The first-order chi connectivity index (χ1) is 14.7. The summed E-state index contributed by atoms with van der Waals surface area (Å²) in [5.74, 6) is 0.0416. The summed E-state index contributed by atoms with van der Waals surface area (Å²) in [5, 5.41) is 8.95. The van der Waals surface area contributed by atoms with E-state index in [1.165, 1.54) is 0 Å². The lowest BCUT2D eigenvalue weighted by atomic mass is 9.79. The van der Waals surface area contributed by atoms with Crippen molar-refractivity contribution in [1.29, 1.82) is 5.26 Å². The van der Waals surface area contributed by atoms with E-state index in [0.29, 0.717) is 24.2 Å². The lowest BCUT2D eigenvalue weighted by Gasteiger charge is -2.36. The zero-order chi connectivity index (χ0) is 22.2. The van der Waals surface area contributed by atoms with E-state index in [0.717, 1.165) is 24.2 Å². The maximum atomic E-state index is 13.0. The first kappa shape index (κ1) is 21.4. The van der Waals surface area contributed by atoms with Crippen LogP contribution in [0.15, 0.2) is 48.5 Å². The van der Waals surface area contributed by atoms with Gasteiger partial charge in [0.05, 0.1) is 22.8 Å². The van der Waals surface area contributed by atoms with E-state index in [9.17, 15) is 4.79 Å². The molecule has 0 spiro atoms. The van der Waals surface area contributed by atoms with Gasteiger partial charge in [-0.25, -0.2) is 0 Å². The van der Waals surface area contributed by atoms with Gasteiger partial charge in [0, 0.05) is 37.4 Å². The summed E-state index contributed by atoms with van der Waals surface area (Å²) < 4.78 is 12.2. The highest BCUT2D eigenvalue weighted by molar-refractivity contribution is 6.62. The third kappa shape index (κ3) is 4.19. The molecular weight excluding hydrogens is 389 g/mol. The monoisotopic (exact) mass is 417 g/mol. The molecular formula is C24H28BN3O3. The van der Waals surface area contributed by atoms with Gasteiger partial charge < -0.3 is 19.1 Å². The molecule has 0 atom stereocenters. The van der Waals surface area contributed by atoms with Gasteiger partial charge in [-0.2, -0.15) is 5.26 Å². The van der Waals surface area contributed by atoms with E-state index < -0.39 is 7.12 Å². The van der Waals surface area contributed by atoms with Gasteiger partial charge in [0.25, 0.3) is 5.91 Å². The van der Waals surface area contributed by atoms with E-state index in [4.69, 9.17) is 14.6 Å². The summed E-state index contributed by atoms with van der Waals surface area (Å²) in [6.07, 6.45) is 0. The zero-order valence-electron chi connectivity index (χ0n) is 18.6. The van der Waals surface area contributed by atoms with Crippen molar-refractivity contribution in [2.45, 2.75) is 38.9 Å². The third-order valence-corrected chi connectivity index (χ3v) is 6.61. The van der Waals surface area contributed by atoms with Crippen molar-refractivity contribution >= 4 is 24.2 Å². The standard InChI is InChI=1S/C24H28BN3O3/c1-23(2)24(3,4)31-25(30-23)20-9-7-19(8-10-20)22(29)28-15-13-27(14-16-28)21-11-5-18(17-26)6-12-21/h5-12H,13-16H2,1-4H3. The molecule has 7 heteroatoms. The highest BCUT2D eigenvalue weighted by Gasteiger charge is 2.51. The molecule has 1 amide bonds. The fourth-order valence-corrected chi connectivity index (χ4v) is 3.86. The Labute approximate surface area is 184 Å². The molecule has 0 radical (unpaired) electrons. The van der Waals surface area contributed by atoms with Crippen molar-refractivity contribution in [3.05, 3.63) is 59.7 Å². The number of anilines is 1. The number of nitrogens with zero attached hydrogens (tertiary/aromatic N) is 3. The molecule has 31 heavy (non-hydrogen) atoms. The van der Waals surface area contributed by atoms with Gasteiger partial charge in [0.2, 0.25) is 0 Å². The topological polar surface area (TPSA) is 65.8 Å². The van der Waals surface area contributed by atoms with Gasteiger partial charge in [-0.3, -0.25) is 4.79 Å². The number of carbonyl (C=O) groups excluding carboxylic acids is 1. The molecule has 0 N–H and O–H groups in total. The number of carbonyl (C=O) groups is 1. The van der Waals surface area contributed by atoms with Crippen LogP contribution in [0.1, 0.15) is 43.6 Å². The first-order valence-corrected chi connectivity index (χ1v) is 10.7. The van der Waals surface area contributed by atoms with Gasteiger partial charge in [-0.1, -0.05) is 12.1 Å². The summed E-state index contributed by atoms with van der Waals surface area (Å²) in [6, 6.07) is 17.3. The summed E-state index contributed by atoms with van der Waals surface area (Å²) in [7, 11) is -0.426. The number of piperazine rings is 1. The molecule has 4 rings (SSSR count). The molecule has 2 heterocycles. The van der Waals surface area contributed by atoms with Crippen molar-refractivity contribution in [3.8, 4) is 6.07 Å². The average Bonchev–Trinajstić information content (AvgIpc) is 3.00. The van der Waals surface area contributed by atoms with Gasteiger partial charge in [0.15, 0.2) is 0 Å². The minimum Gasteiger partial charge on any atom is -0.399 e.